The summed E-state index contributed by atoms with van der Waals surface area (Å²) in [7, 11) is 1.91. The summed E-state index contributed by atoms with van der Waals surface area (Å²) in [4.78, 5) is 20.3. The topological polar surface area (TPSA) is 88.1 Å². The van der Waals surface area contributed by atoms with Crippen molar-refractivity contribution < 1.29 is 4.74 Å². The Hall–Kier alpha value is -2.48. The fraction of sp³-hybridized carbons (Fsp3) is 0.579. The number of rotatable bonds is 5. The fourth-order valence-corrected chi connectivity index (χ4v) is 3.70. The van der Waals surface area contributed by atoms with Gasteiger partial charge in [-0.2, -0.15) is 0 Å². The van der Waals surface area contributed by atoms with Gasteiger partial charge in [0.15, 0.2) is 0 Å². The van der Waals surface area contributed by atoms with Crippen molar-refractivity contribution in [2.75, 3.05) is 43.4 Å². The van der Waals surface area contributed by atoms with Crippen molar-refractivity contribution in [2.45, 2.75) is 37.7 Å². The van der Waals surface area contributed by atoms with Gasteiger partial charge in [0.1, 0.15) is 23.6 Å². The molecule has 2 aromatic rings. The van der Waals surface area contributed by atoms with Crippen molar-refractivity contribution >= 4 is 11.6 Å². The molecule has 0 bridgehead atoms. The lowest BCUT2D eigenvalue weighted by molar-refractivity contribution is 0.156. The van der Waals surface area contributed by atoms with Crippen LogP contribution in [0, 0.1) is 0 Å². The number of aromatic nitrogens is 4. The van der Waals surface area contributed by atoms with Crippen LogP contribution in [0.1, 0.15) is 37.4 Å². The van der Waals surface area contributed by atoms with Gasteiger partial charge in [0.2, 0.25) is 0 Å². The second-order valence-corrected chi connectivity index (χ2v) is 7.08. The van der Waals surface area contributed by atoms with Crippen LogP contribution in [-0.4, -0.2) is 59.3 Å². The first-order valence-electron chi connectivity index (χ1n) is 9.78. The van der Waals surface area contributed by atoms with Crippen LogP contribution in [0.25, 0.3) is 0 Å². The first-order valence-corrected chi connectivity index (χ1v) is 9.78. The van der Waals surface area contributed by atoms with Crippen molar-refractivity contribution in [2.24, 2.45) is 0 Å². The van der Waals surface area contributed by atoms with E-state index in [1.54, 1.807) is 18.5 Å². The van der Waals surface area contributed by atoms with Crippen LogP contribution in [-0.2, 0) is 0 Å². The molecule has 0 saturated carbocycles. The molecule has 2 aromatic heterocycles. The SMILES string of the molecule is CNc1cc(N2CCC(Oc3ncccn3)CC2)nc(C2CCNCC2)n1. The minimum Gasteiger partial charge on any atom is -0.460 e. The molecular formula is C19H27N7O. The van der Waals surface area contributed by atoms with Gasteiger partial charge in [-0.15, -0.1) is 0 Å². The zero-order valence-electron chi connectivity index (χ0n) is 15.8. The minimum atomic E-state index is 0.151. The maximum absolute atomic E-state index is 5.90. The number of hydrogen-bond acceptors (Lipinski definition) is 8. The van der Waals surface area contributed by atoms with Gasteiger partial charge in [-0.3, -0.25) is 0 Å². The Morgan fingerprint density at radius 1 is 1.07 bits per heavy atom. The molecule has 0 spiro atoms. The predicted octanol–water partition coefficient (Wildman–Crippen LogP) is 1.82. The summed E-state index contributed by atoms with van der Waals surface area (Å²) >= 11 is 0. The van der Waals surface area contributed by atoms with E-state index in [0.29, 0.717) is 11.9 Å². The number of nitrogens with zero attached hydrogens (tertiary/aromatic N) is 5. The van der Waals surface area contributed by atoms with Crippen LogP contribution in [0.3, 0.4) is 0 Å². The van der Waals surface area contributed by atoms with Gasteiger partial charge in [-0.25, -0.2) is 19.9 Å². The molecule has 4 heterocycles. The summed E-state index contributed by atoms with van der Waals surface area (Å²) in [6, 6.07) is 4.30. The summed E-state index contributed by atoms with van der Waals surface area (Å²) in [6.07, 6.45) is 7.62. The number of nitrogens with one attached hydrogen (secondary N) is 2. The Kier molecular flexibility index (Phi) is 5.62. The van der Waals surface area contributed by atoms with Crippen LogP contribution in [0.4, 0.5) is 11.6 Å². The van der Waals surface area contributed by atoms with E-state index in [4.69, 9.17) is 14.7 Å². The second-order valence-electron chi connectivity index (χ2n) is 7.08. The maximum Gasteiger partial charge on any atom is 0.316 e. The van der Waals surface area contributed by atoms with Crippen LogP contribution >= 0.6 is 0 Å². The molecule has 8 nitrogen and oxygen atoms in total. The molecule has 0 radical (unpaired) electrons. The molecule has 0 unspecified atom stereocenters. The van der Waals surface area contributed by atoms with E-state index < -0.39 is 0 Å². The van der Waals surface area contributed by atoms with Gasteiger partial charge in [-0.05, 0) is 32.0 Å². The molecule has 0 aliphatic carbocycles. The maximum atomic E-state index is 5.90. The van der Waals surface area contributed by atoms with Crippen molar-refractivity contribution in [1.82, 2.24) is 25.3 Å². The van der Waals surface area contributed by atoms with Crippen molar-refractivity contribution in [3.63, 3.8) is 0 Å². The quantitative estimate of drug-likeness (QED) is 0.825. The highest BCUT2D eigenvalue weighted by atomic mass is 16.5. The molecule has 27 heavy (non-hydrogen) atoms. The summed E-state index contributed by atoms with van der Waals surface area (Å²) in [5.41, 5.74) is 0. The number of ether oxygens (including phenoxy) is 1. The monoisotopic (exact) mass is 369 g/mol. The second kappa shape index (κ2) is 8.47. The van der Waals surface area contributed by atoms with Gasteiger partial charge in [-0.1, -0.05) is 0 Å². The summed E-state index contributed by atoms with van der Waals surface area (Å²) in [5, 5.41) is 6.60. The molecule has 0 atom stereocenters. The molecule has 2 N–H and O–H groups in total. The van der Waals surface area contributed by atoms with Gasteiger partial charge in [0.05, 0.1) is 0 Å². The van der Waals surface area contributed by atoms with E-state index in [2.05, 4.69) is 25.5 Å². The van der Waals surface area contributed by atoms with E-state index >= 15 is 0 Å². The zero-order valence-corrected chi connectivity index (χ0v) is 15.8. The molecule has 0 amide bonds. The third-order valence-electron chi connectivity index (χ3n) is 5.27. The minimum absolute atomic E-state index is 0.151. The largest absolute Gasteiger partial charge is 0.460 e. The average Bonchev–Trinajstić information content (AvgIpc) is 2.75. The normalized spacial score (nSPS) is 19.1. The van der Waals surface area contributed by atoms with E-state index in [-0.39, 0.29) is 6.10 Å². The zero-order chi connectivity index (χ0) is 18.5. The van der Waals surface area contributed by atoms with E-state index in [9.17, 15) is 0 Å². The van der Waals surface area contributed by atoms with Gasteiger partial charge < -0.3 is 20.3 Å². The molecular weight excluding hydrogens is 342 g/mol. The summed E-state index contributed by atoms with van der Waals surface area (Å²) < 4.78 is 5.90. The number of anilines is 2. The highest BCUT2D eigenvalue weighted by molar-refractivity contribution is 5.49. The predicted molar refractivity (Wildman–Crippen MR) is 104 cm³/mol. The van der Waals surface area contributed by atoms with Gasteiger partial charge in [0.25, 0.3) is 0 Å². The fourth-order valence-electron chi connectivity index (χ4n) is 3.70. The molecule has 2 fully saturated rings. The van der Waals surface area contributed by atoms with Gasteiger partial charge in [0, 0.05) is 57.4 Å². The molecule has 2 aliphatic rings. The van der Waals surface area contributed by atoms with Crippen LogP contribution in [0.5, 0.6) is 6.01 Å². The lowest BCUT2D eigenvalue weighted by atomic mass is 9.97. The summed E-state index contributed by atoms with van der Waals surface area (Å²) in [5.74, 6) is 3.31. The van der Waals surface area contributed by atoms with E-state index in [1.165, 1.54) is 0 Å². The Labute approximate surface area is 159 Å². The van der Waals surface area contributed by atoms with Crippen LogP contribution < -0.4 is 20.3 Å². The highest BCUT2D eigenvalue weighted by Crippen LogP contribution is 2.27. The number of hydrogen-bond donors (Lipinski definition) is 2. The Morgan fingerprint density at radius 3 is 2.52 bits per heavy atom. The van der Waals surface area contributed by atoms with Crippen molar-refractivity contribution in [1.29, 1.82) is 0 Å². The van der Waals surface area contributed by atoms with Gasteiger partial charge >= 0.3 is 6.01 Å². The molecule has 2 saturated heterocycles. The van der Waals surface area contributed by atoms with Crippen molar-refractivity contribution in [3.05, 3.63) is 30.4 Å². The molecule has 8 heteroatoms. The van der Waals surface area contributed by atoms with E-state index in [1.807, 2.05) is 13.1 Å². The standard InChI is InChI=1S/C19H27N7O/c1-20-16-13-17(25-18(24-16)14-3-9-21-10-4-14)26-11-5-15(6-12-26)27-19-22-7-2-8-23-19/h2,7-8,13-15,21H,3-6,9-12H2,1H3,(H,20,24,25). The Balaban J connectivity index is 1.42. The lowest BCUT2D eigenvalue weighted by Crippen LogP contribution is -2.39. The highest BCUT2D eigenvalue weighted by Gasteiger charge is 2.25. The Bertz CT molecular complexity index is 728. The molecule has 0 aromatic carbocycles. The molecule has 4 rings (SSSR count). The van der Waals surface area contributed by atoms with Crippen LogP contribution in [0.2, 0.25) is 0 Å². The lowest BCUT2D eigenvalue weighted by Gasteiger charge is -2.33. The number of piperidine rings is 2. The first-order chi connectivity index (χ1) is 13.3. The molecule has 2 aliphatic heterocycles. The van der Waals surface area contributed by atoms with Crippen LogP contribution in [0.15, 0.2) is 24.5 Å². The smallest absolute Gasteiger partial charge is 0.316 e. The Morgan fingerprint density at radius 2 is 1.81 bits per heavy atom. The van der Waals surface area contributed by atoms with Crippen molar-refractivity contribution in [3.8, 4) is 6.01 Å². The molecule has 144 valence electrons. The van der Waals surface area contributed by atoms with E-state index in [0.717, 1.165) is 69.3 Å². The third-order valence-corrected chi connectivity index (χ3v) is 5.27. The first kappa shape index (κ1) is 17.9. The third kappa shape index (κ3) is 4.44. The average molecular weight is 369 g/mol. The summed E-state index contributed by atoms with van der Waals surface area (Å²) in [6.45, 7) is 3.89.